The van der Waals surface area contributed by atoms with Crippen molar-refractivity contribution in [2.75, 3.05) is 23.9 Å². The second kappa shape index (κ2) is 9.71. The van der Waals surface area contributed by atoms with Gasteiger partial charge in [-0.3, -0.25) is 4.98 Å². The number of carboxylic acid groups (broad SMARTS) is 1. The van der Waals surface area contributed by atoms with Gasteiger partial charge in [0.15, 0.2) is 5.11 Å². The molecule has 7 nitrogen and oxygen atoms in total. The van der Waals surface area contributed by atoms with Gasteiger partial charge in [-0.1, -0.05) is 6.07 Å². The summed E-state index contributed by atoms with van der Waals surface area (Å²) in [5.74, 6) is -0.937. The molecule has 2 N–H and O–H groups in total. The van der Waals surface area contributed by atoms with Crippen LogP contribution in [0.4, 0.5) is 11.4 Å². The average molecular weight is 512 g/mol. The van der Waals surface area contributed by atoms with Gasteiger partial charge in [-0.2, -0.15) is 0 Å². The summed E-state index contributed by atoms with van der Waals surface area (Å²) in [7, 11) is 4.05. The number of carboxylic acids is 1. The zero-order valence-corrected chi connectivity index (χ0v) is 22.0. The number of pyridine rings is 1. The summed E-state index contributed by atoms with van der Waals surface area (Å²) >= 11 is 5.89. The second-order valence-electron chi connectivity index (χ2n) is 9.42. The summed E-state index contributed by atoms with van der Waals surface area (Å²) in [6.45, 7) is 4.16. The Balaban J connectivity index is 1.63. The lowest BCUT2D eigenvalue weighted by Crippen LogP contribution is -2.29. The van der Waals surface area contributed by atoms with Crippen LogP contribution >= 0.6 is 12.2 Å². The van der Waals surface area contributed by atoms with Gasteiger partial charge in [0.1, 0.15) is 0 Å². The van der Waals surface area contributed by atoms with Crippen LogP contribution in [0, 0.1) is 13.8 Å². The summed E-state index contributed by atoms with van der Waals surface area (Å²) in [5.41, 5.74) is 7.45. The fourth-order valence-electron chi connectivity index (χ4n) is 5.10. The van der Waals surface area contributed by atoms with E-state index in [1.165, 1.54) is 0 Å². The third-order valence-corrected chi connectivity index (χ3v) is 7.22. The number of nitrogens with zero attached hydrogens (tertiary/aromatic N) is 4. The molecule has 0 unspecified atom stereocenters. The number of hydrogen-bond acceptors (Lipinski definition) is 4. The zero-order valence-electron chi connectivity index (χ0n) is 21.2. The number of benzene rings is 2. The van der Waals surface area contributed by atoms with E-state index in [4.69, 9.17) is 12.2 Å². The molecule has 1 aliphatic rings. The van der Waals surface area contributed by atoms with Gasteiger partial charge in [0.05, 0.1) is 23.3 Å². The van der Waals surface area contributed by atoms with Gasteiger partial charge in [-0.15, -0.1) is 0 Å². The van der Waals surface area contributed by atoms with E-state index in [0.29, 0.717) is 5.11 Å². The molecule has 2 aromatic heterocycles. The number of rotatable bonds is 6. The average Bonchev–Trinajstić information content (AvgIpc) is 3.39. The van der Waals surface area contributed by atoms with Gasteiger partial charge >= 0.3 is 5.97 Å². The lowest BCUT2D eigenvalue weighted by atomic mass is 9.96. The number of aromatic carboxylic acids is 1. The van der Waals surface area contributed by atoms with E-state index in [9.17, 15) is 9.90 Å². The van der Waals surface area contributed by atoms with Crippen LogP contribution in [-0.4, -0.2) is 39.8 Å². The molecule has 37 heavy (non-hydrogen) atoms. The topological polar surface area (TPSA) is 73.6 Å². The predicted octanol–water partition coefficient (Wildman–Crippen LogP) is 5.43. The van der Waals surface area contributed by atoms with Crippen LogP contribution in [0.5, 0.6) is 0 Å². The van der Waals surface area contributed by atoms with Crippen molar-refractivity contribution in [1.82, 2.24) is 14.9 Å². The molecular formula is C29H29N5O2S. The Morgan fingerprint density at radius 3 is 2.27 bits per heavy atom. The van der Waals surface area contributed by atoms with Crippen LogP contribution in [0.15, 0.2) is 79.0 Å². The highest BCUT2D eigenvalue weighted by molar-refractivity contribution is 7.80. The number of carbonyl (C=O) groups is 1. The molecule has 5 rings (SSSR count). The van der Waals surface area contributed by atoms with Gasteiger partial charge in [-0.25, -0.2) is 4.79 Å². The van der Waals surface area contributed by atoms with E-state index in [0.717, 1.165) is 39.7 Å². The number of anilines is 2. The quantitative estimate of drug-likeness (QED) is 0.334. The molecule has 1 fully saturated rings. The van der Waals surface area contributed by atoms with Crippen molar-refractivity contribution >= 4 is 34.7 Å². The van der Waals surface area contributed by atoms with Crippen LogP contribution in [-0.2, 0) is 0 Å². The first-order valence-electron chi connectivity index (χ1n) is 12.1. The van der Waals surface area contributed by atoms with Crippen molar-refractivity contribution in [3.05, 3.63) is 107 Å². The lowest BCUT2D eigenvalue weighted by Gasteiger charge is -2.28. The van der Waals surface area contributed by atoms with Gasteiger partial charge in [-0.05, 0) is 98.4 Å². The smallest absolute Gasteiger partial charge is 0.335 e. The summed E-state index contributed by atoms with van der Waals surface area (Å²) in [4.78, 5) is 20.3. The highest BCUT2D eigenvalue weighted by atomic mass is 32.1. The number of thiocarbonyl (C=S) groups is 1. The molecule has 4 aromatic rings. The second-order valence-corrected chi connectivity index (χ2v) is 9.81. The molecule has 0 aliphatic carbocycles. The molecule has 1 saturated heterocycles. The summed E-state index contributed by atoms with van der Waals surface area (Å²) in [6.07, 6.45) is 1.80. The minimum atomic E-state index is -0.937. The fourth-order valence-corrected chi connectivity index (χ4v) is 5.44. The van der Waals surface area contributed by atoms with E-state index in [-0.39, 0.29) is 17.6 Å². The van der Waals surface area contributed by atoms with Crippen LogP contribution in [0.25, 0.3) is 5.69 Å². The van der Waals surface area contributed by atoms with Crippen molar-refractivity contribution in [1.29, 1.82) is 0 Å². The first-order valence-corrected chi connectivity index (χ1v) is 12.5. The maximum Gasteiger partial charge on any atom is 0.335 e. The van der Waals surface area contributed by atoms with E-state index in [2.05, 4.69) is 68.8 Å². The molecule has 0 saturated carbocycles. The van der Waals surface area contributed by atoms with Crippen molar-refractivity contribution < 1.29 is 9.90 Å². The monoisotopic (exact) mass is 511 g/mol. The Hall–Kier alpha value is -4.17. The molecule has 0 spiro atoms. The van der Waals surface area contributed by atoms with Crippen molar-refractivity contribution in [2.45, 2.75) is 25.9 Å². The number of nitrogens with one attached hydrogen (secondary N) is 1. The van der Waals surface area contributed by atoms with Gasteiger partial charge in [0, 0.05) is 48.7 Å². The fraction of sp³-hybridized carbons (Fsp3) is 0.207. The van der Waals surface area contributed by atoms with Gasteiger partial charge < -0.3 is 24.8 Å². The van der Waals surface area contributed by atoms with E-state index < -0.39 is 5.97 Å². The molecule has 3 heterocycles. The van der Waals surface area contributed by atoms with Crippen LogP contribution in [0.2, 0.25) is 0 Å². The van der Waals surface area contributed by atoms with Crippen LogP contribution < -0.4 is 15.1 Å². The Morgan fingerprint density at radius 1 is 1.00 bits per heavy atom. The van der Waals surface area contributed by atoms with E-state index in [1.54, 1.807) is 18.3 Å². The maximum absolute atomic E-state index is 11.4. The third-order valence-electron chi connectivity index (χ3n) is 6.90. The zero-order chi connectivity index (χ0) is 26.3. The summed E-state index contributed by atoms with van der Waals surface area (Å²) in [6, 6.07) is 23.2. The van der Waals surface area contributed by atoms with Crippen molar-refractivity contribution in [3.63, 3.8) is 0 Å². The number of hydrogen-bond donors (Lipinski definition) is 2. The Kier molecular flexibility index (Phi) is 6.43. The molecule has 0 amide bonds. The molecule has 188 valence electrons. The van der Waals surface area contributed by atoms with Crippen molar-refractivity contribution in [3.8, 4) is 5.69 Å². The minimum absolute atomic E-state index is 0.133. The van der Waals surface area contributed by atoms with Gasteiger partial charge in [0.25, 0.3) is 0 Å². The van der Waals surface area contributed by atoms with E-state index >= 15 is 0 Å². The molecule has 0 radical (unpaired) electrons. The molecule has 2 atom stereocenters. The van der Waals surface area contributed by atoms with Crippen molar-refractivity contribution in [2.24, 2.45) is 0 Å². The highest BCUT2D eigenvalue weighted by Crippen LogP contribution is 2.44. The molecule has 1 aliphatic heterocycles. The van der Waals surface area contributed by atoms with Crippen LogP contribution in [0.3, 0.4) is 0 Å². The van der Waals surface area contributed by atoms with Crippen LogP contribution in [0.1, 0.15) is 45.1 Å². The Bertz CT molecular complexity index is 1450. The Morgan fingerprint density at radius 2 is 1.68 bits per heavy atom. The molecule has 2 aromatic carbocycles. The maximum atomic E-state index is 11.4. The first kappa shape index (κ1) is 24.5. The Labute approximate surface area is 222 Å². The standard InChI is InChI=1S/C29H29N5O2S/c1-18-17-24(19(2)33(18)22-10-8-20(9-11-22)28(35)36)27-26(25-7-5-6-16-30-25)31-29(37)34(27)23-14-12-21(13-15-23)32(3)4/h5-17,26-27H,1-4H3,(H,31,37)(H,35,36)/t26-,27-/m1/s1. The molecule has 0 bridgehead atoms. The number of aryl methyl sites for hydroxylation is 1. The SMILES string of the molecule is Cc1cc([C@@H]2[C@@H](c3ccccn3)NC(=S)N2c2ccc(N(C)C)cc2)c(C)n1-c1ccc(C(=O)O)cc1. The lowest BCUT2D eigenvalue weighted by molar-refractivity contribution is 0.0697. The first-order chi connectivity index (χ1) is 17.8. The predicted molar refractivity (Wildman–Crippen MR) is 151 cm³/mol. The molecular weight excluding hydrogens is 482 g/mol. The highest BCUT2D eigenvalue weighted by Gasteiger charge is 2.42. The van der Waals surface area contributed by atoms with Gasteiger partial charge in [0.2, 0.25) is 0 Å². The normalized spacial score (nSPS) is 17.1. The molecule has 8 heteroatoms. The minimum Gasteiger partial charge on any atom is -0.478 e. The summed E-state index contributed by atoms with van der Waals surface area (Å²) in [5, 5.41) is 13.5. The largest absolute Gasteiger partial charge is 0.478 e. The summed E-state index contributed by atoms with van der Waals surface area (Å²) < 4.78 is 2.16. The number of aromatic nitrogens is 2. The third kappa shape index (κ3) is 4.44. The van der Waals surface area contributed by atoms with E-state index in [1.807, 2.05) is 44.4 Å².